The van der Waals surface area contributed by atoms with Crippen molar-refractivity contribution in [1.82, 2.24) is 19.6 Å². The van der Waals surface area contributed by atoms with Crippen LogP contribution in [0.15, 0.2) is 11.1 Å². The number of aryl methyl sites for hydroxylation is 1. The lowest BCUT2D eigenvalue weighted by Crippen LogP contribution is -2.10. The molecule has 3 rings (SSSR count). The van der Waals surface area contributed by atoms with Crippen molar-refractivity contribution < 1.29 is 13.2 Å². The third-order valence-electron chi connectivity index (χ3n) is 3.50. The van der Waals surface area contributed by atoms with Gasteiger partial charge in [0, 0.05) is 10.9 Å². The highest BCUT2D eigenvalue weighted by Gasteiger charge is 2.37. The van der Waals surface area contributed by atoms with E-state index < -0.39 is 12.0 Å². The first kappa shape index (κ1) is 14.6. The van der Waals surface area contributed by atoms with Gasteiger partial charge in [-0.1, -0.05) is 19.3 Å². The molecular formula is C13H15F3N4S. The second-order valence-corrected chi connectivity index (χ2v) is 6.58. The van der Waals surface area contributed by atoms with Gasteiger partial charge in [-0.2, -0.15) is 22.7 Å². The van der Waals surface area contributed by atoms with Crippen LogP contribution in [0, 0.1) is 6.92 Å². The van der Waals surface area contributed by atoms with Crippen LogP contribution in [0.3, 0.4) is 0 Å². The highest BCUT2D eigenvalue weighted by atomic mass is 32.2. The molecule has 1 aliphatic carbocycles. The second kappa shape index (κ2) is 5.47. The van der Waals surface area contributed by atoms with Crippen LogP contribution in [0.1, 0.15) is 43.6 Å². The summed E-state index contributed by atoms with van der Waals surface area (Å²) in [6.45, 7) is 1.76. The van der Waals surface area contributed by atoms with Crippen molar-refractivity contribution in [1.29, 1.82) is 0 Å². The molecule has 1 fully saturated rings. The lowest BCUT2D eigenvalue weighted by molar-refractivity contribution is -0.144. The Balaban J connectivity index is 1.98. The number of hydrogen-bond acceptors (Lipinski definition) is 4. The van der Waals surface area contributed by atoms with Crippen molar-refractivity contribution in [3.05, 3.63) is 17.6 Å². The first-order valence-electron chi connectivity index (χ1n) is 6.92. The van der Waals surface area contributed by atoms with Gasteiger partial charge >= 0.3 is 6.18 Å². The standard InChI is InChI=1S/C13H15F3N4S/c1-8-7-10(21-9-5-3-2-4-6-9)20-12(17-8)18-11(19-20)13(14,15)16/h7,9H,2-6H2,1H3. The van der Waals surface area contributed by atoms with Gasteiger partial charge in [0.15, 0.2) is 0 Å². The van der Waals surface area contributed by atoms with E-state index in [1.807, 2.05) is 0 Å². The van der Waals surface area contributed by atoms with E-state index in [1.165, 1.54) is 23.8 Å². The van der Waals surface area contributed by atoms with Crippen LogP contribution in [0.25, 0.3) is 5.78 Å². The minimum atomic E-state index is -4.55. The normalized spacial score (nSPS) is 17.5. The second-order valence-electron chi connectivity index (χ2n) is 5.26. The quantitative estimate of drug-likeness (QED) is 0.789. The summed E-state index contributed by atoms with van der Waals surface area (Å²) >= 11 is 1.59. The van der Waals surface area contributed by atoms with Gasteiger partial charge < -0.3 is 0 Å². The van der Waals surface area contributed by atoms with E-state index in [-0.39, 0.29) is 5.78 Å². The molecule has 2 aromatic heterocycles. The average Bonchev–Trinajstić information content (AvgIpc) is 2.84. The summed E-state index contributed by atoms with van der Waals surface area (Å²) in [5, 5.41) is 4.71. The third kappa shape index (κ3) is 3.14. The number of fused-ring (bicyclic) bond motifs is 1. The Morgan fingerprint density at radius 1 is 1.19 bits per heavy atom. The average molecular weight is 316 g/mol. The molecular weight excluding hydrogens is 301 g/mol. The highest BCUT2D eigenvalue weighted by Crippen LogP contribution is 2.34. The van der Waals surface area contributed by atoms with E-state index in [0.717, 1.165) is 12.8 Å². The maximum Gasteiger partial charge on any atom is 0.453 e. The van der Waals surface area contributed by atoms with E-state index in [1.54, 1.807) is 24.8 Å². The summed E-state index contributed by atoms with van der Waals surface area (Å²) in [7, 11) is 0. The number of thioether (sulfide) groups is 1. The number of hydrogen-bond donors (Lipinski definition) is 0. The minimum absolute atomic E-state index is 0.0145. The Hall–Kier alpha value is -1.31. The summed E-state index contributed by atoms with van der Waals surface area (Å²) in [6.07, 6.45) is 1.23. The van der Waals surface area contributed by atoms with Crippen molar-refractivity contribution in [2.75, 3.05) is 0 Å². The molecule has 0 atom stereocenters. The van der Waals surface area contributed by atoms with Crippen molar-refractivity contribution in [3.63, 3.8) is 0 Å². The van der Waals surface area contributed by atoms with Gasteiger partial charge in [0.2, 0.25) is 0 Å². The van der Waals surface area contributed by atoms with Gasteiger partial charge in [0.05, 0.1) is 0 Å². The predicted molar refractivity (Wildman–Crippen MR) is 73.3 cm³/mol. The maximum absolute atomic E-state index is 12.7. The summed E-state index contributed by atoms with van der Waals surface area (Å²) in [4.78, 5) is 7.54. The molecule has 0 saturated heterocycles. The van der Waals surface area contributed by atoms with E-state index in [2.05, 4.69) is 15.1 Å². The molecule has 0 radical (unpaired) electrons. The molecule has 8 heteroatoms. The molecule has 4 nitrogen and oxygen atoms in total. The van der Waals surface area contributed by atoms with E-state index in [4.69, 9.17) is 0 Å². The third-order valence-corrected chi connectivity index (χ3v) is 4.84. The van der Waals surface area contributed by atoms with Crippen LogP contribution in [0.2, 0.25) is 0 Å². The molecule has 0 amide bonds. The summed E-state index contributed by atoms with van der Waals surface area (Å²) in [5.41, 5.74) is 0.655. The van der Waals surface area contributed by atoms with Crippen LogP contribution in [-0.4, -0.2) is 24.8 Å². The topological polar surface area (TPSA) is 43.1 Å². The Bertz CT molecular complexity index is 647. The molecule has 1 aliphatic rings. The smallest absolute Gasteiger partial charge is 0.216 e. The van der Waals surface area contributed by atoms with Crippen LogP contribution in [0.4, 0.5) is 13.2 Å². The van der Waals surface area contributed by atoms with Gasteiger partial charge in [-0.15, -0.1) is 16.9 Å². The molecule has 0 spiro atoms. The van der Waals surface area contributed by atoms with E-state index in [0.29, 0.717) is 16.0 Å². The van der Waals surface area contributed by atoms with Crippen molar-refractivity contribution in [2.24, 2.45) is 0 Å². The van der Waals surface area contributed by atoms with Gasteiger partial charge in [-0.25, -0.2) is 4.98 Å². The Morgan fingerprint density at radius 2 is 1.90 bits per heavy atom. The monoisotopic (exact) mass is 316 g/mol. The molecule has 0 unspecified atom stereocenters. The number of aromatic nitrogens is 4. The van der Waals surface area contributed by atoms with Crippen LogP contribution >= 0.6 is 11.8 Å². The van der Waals surface area contributed by atoms with Gasteiger partial charge in [-0.3, -0.25) is 0 Å². The summed E-state index contributed by atoms with van der Waals surface area (Å²) in [6, 6.07) is 1.78. The molecule has 21 heavy (non-hydrogen) atoms. The predicted octanol–water partition coefficient (Wildman–Crippen LogP) is 3.88. The molecule has 0 N–H and O–H groups in total. The van der Waals surface area contributed by atoms with Gasteiger partial charge in [0.25, 0.3) is 11.6 Å². The zero-order valence-electron chi connectivity index (χ0n) is 11.5. The molecule has 2 aromatic rings. The fourth-order valence-electron chi connectivity index (χ4n) is 2.51. The molecule has 1 saturated carbocycles. The highest BCUT2D eigenvalue weighted by molar-refractivity contribution is 7.99. The van der Waals surface area contributed by atoms with Crippen LogP contribution in [-0.2, 0) is 6.18 Å². The first-order chi connectivity index (χ1) is 9.93. The largest absolute Gasteiger partial charge is 0.453 e. The maximum atomic E-state index is 12.7. The number of rotatable bonds is 2. The van der Waals surface area contributed by atoms with Gasteiger partial charge in [-0.05, 0) is 25.8 Å². The zero-order valence-corrected chi connectivity index (χ0v) is 12.3. The lowest BCUT2D eigenvalue weighted by atomic mass is 10.0. The SMILES string of the molecule is Cc1cc(SC2CCCCC2)n2nc(C(F)(F)F)nc2n1. The zero-order chi connectivity index (χ0) is 15.0. The molecule has 114 valence electrons. The fraction of sp³-hybridized carbons (Fsp3) is 0.615. The van der Waals surface area contributed by atoms with Crippen molar-refractivity contribution in [3.8, 4) is 0 Å². The Morgan fingerprint density at radius 3 is 2.57 bits per heavy atom. The minimum Gasteiger partial charge on any atom is -0.216 e. The van der Waals surface area contributed by atoms with E-state index >= 15 is 0 Å². The molecule has 0 aliphatic heterocycles. The number of alkyl halides is 3. The number of nitrogens with zero attached hydrogens (tertiary/aromatic N) is 4. The van der Waals surface area contributed by atoms with Crippen LogP contribution in [0.5, 0.6) is 0 Å². The van der Waals surface area contributed by atoms with Gasteiger partial charge in [0.1, 0.15) is 5.03 Å². The van der Waals surface area contributed by atoms with E-state index in [9.17, 15) is 13.2 Å². The molecule has 0 aromatic carbocycles. The summed E-state index contributed by atoms with van der Waals surface area (Å²) < 4.78 is 39.4. The molecule has 0 bridgehead atoms. The summed E-state index contributed by atoms with van der Waals surface area (Å²) in [5.74, 6) is -1.12. The Labute approximate surface area is 124 Å². The lowest BCUT2D eigenvalue weighted by Gasteiger charge is -2.21. The van der Waals surface area contributed by atoms with Crippen molar-refractivity contribution in [2.45, 2.75) is 55.5 Å². The van der Waals surface area contributed by atoms with Crippen molar-refractivity contribution >= 4 is 17.5 Å². The number of halogens is 3. The first-order valence-corrected chi connectivity index (χ1v) is 7.80. The molecule has 2 heterocycles. The van der Waals surface area contributed by atoms with Crippen LogP contribution < -0.4 is 0 Å². The Kier molecular flexibility index (Phi) is 3.81. The fourth-order valence-corrected chi connectivity index (χ4v) is 3.88.